The summed E-state index contributed by atoms with van der Waals surface area (Å²) < 4.78 is 15.8. The van der Waals surface area contributed by atoms with Crippen LogP contribution in [0.5, 0.6) is 0 Å². The maximum absolute atomic E-state index is 14.0. The zero-order valence-electron chi connectivity index (χ0n) is 14.1. The van der Waals surface area contributed by atoms with Gasteiger partial charge in [0.2, 0.25) is 5.91 Å². The third-order valence-electron chi connectivity index (χ3n) is 4.54. The Morgan fingerprint density at radius 2 is 2.15 bits per heavy atom. The predicted molar refractivity (Wildman–Crippen MR) is 97.9 cm³/mol. The molecule has 0 saturated carbocycles. The molecular formula is C19H19FN4OS. The molecule has 2 aromatic heterocycles. The van der Waals surface area contributed by atoms with Crippen molar-refractivity contribution in [1.29, 1.82) is 0 Å². The molecule has 0 aliphatic carbocycles. The van der Waals surface area contributed by atoms with E-state index in [0.717, 1.165) is 10.6 Å². The van der Waals surface area contributed by atoms with E-state index < -0.39 is 6.04 Å². The summed E-state index contributed by atoms with van der Waals surface area (Å²) >= 11 is 1.61. The Morgan fingerprint density at radius 1 is 1.27 bits per heavy atom. The van der Waals surface area contributed by atoms with Gasteiger partial charge in [-0.15, -0.1) is 11.3 Å². The number of hydrogen-bond acceptors (Lipinski definition) is 4. The normalized spacial score (nSPS) is 17.0. The van der Waals surface area contributed by atoms with Gasteiger partial charge in [0.15, 0.2) is 0 Å². The highest BCUT2D eigenvalue weighted by Gasteiger charge is 2.31. The van der Waals surface area contributed by atoms with Crippen LogP contribution in [-0.4, -0.2) is 27.1 Å². The molecule has 1 aliphatic heterocycles. The third-order valence-corrected chi connectivity index (χ3v) is 5.41. The molecule has 1 aliphatic rings. The minimum Gasteiger partial charge on any atom is -0.349 e. The fourth-order valence-electron chi connectivity index (χ4n) is 3.25. The minimum atomic E-state index is -0.416. The van der Waals surface area contributed by atoms with Gasteiger partial charge in [-0.1, -0.05) is 24.3 Å². The van der Waals surface area contributed by atoms with Crippen molar-refractivity contribution in [2.45, 2.75) is 25.7 Å². The van der Waals surface area contributed by atoms with E-state index in [4.69, 9.17) is 0 Å². The molecule has 26 heavy (non-hydrogen) atoms. The van der Waals surface area contributed by atoms with E-state index >= 15 is 0 Å². The van der Waals surface area contributed by atoms with Gasteiger partial charge in [-0.3, -0.25) is 14.4 Å². The van der Waals surface area contributed by atoms with Gasteiger partial charge in [0.1, 0.15) is 11.9 Å². The van der Waals surface area contributed by atoms with Gasteiger partial charge in [0, 0.05) is 36.3 Å². The topological polar surface area (TPSA) is 50.2 Å². The van der Waals surface area contributed by atoms with E-state index in [1.807, 2.05) is 29.6 Å². The second kappa shape index (κ2) is 7.39. The van der Waals surface area contributed by atoms with E-state index in [1.54, 1.807) is 34.3 Å². The zero-order chi connectivity index (χ0) is 17.9. The number of halogens is 1. The quantitative estimate of drug-likeness (QED) is 0.751. The number of aromatic nitrogens is 2. The van der Waals surface area contributed by atoms with Crippen LogP contribution in [0.3, 0.4) is 0 Å². The number of rotatable bonds is 5. The van der Waals surface area contributed by atoms with E-state index in [0.29, 0.717) is 31.7 Å². The number of amides is 1. The maximum Gasteiger partial charge on any atom is 0.246 e. The Labute approximate surface area is 155 Å². The second-order valence-electron chi connectivity index (χ2n) is 6.34. The molecule has 1 aromatic carbocycles. The lowest BCUT2D eigenvalue weighted by Gasteiger charge is -2.33. The van der Waals surface area contributed by atoms with Crippen molar-refractivity contribution in [3.8, 4) is 0 Å². The first-order chi connectivity index (χ1) is 12.7. The van der Waals surface area contributed by atoms with Crippen LogP contribution in [0.4, 0.5) is 4.39 Å². The number of carbonyl (C=O) groups excluding carboxylic acids is 1. The van der Waals surface area contributed by atoms with E-state index in [-0.39, 0.29) is 11.7 Å². The van der Waals surface area contributed by atoms with Crippen molar-refractivity contribution in [3.05, 3.63) is 76.0 Å². The van der Waals surface area contributed by atoms with E-state index in [9.17, 15) is 9.18 Å². The van der Waals surface area contributed by atoms with Gasteiger partial charge in [-0.25, -0.2) is 4.39 Å². The van der Waals surface area contributed by atoms with Crippen molar-refractivity contribution in [2.24, 2.45) is 0 Å². The van der Waals surface area contributed by atoms with Gasteiger partial charge in [0.25, 0.3) is 0 Å². The van der Waals surface area contributed by atoms with Crippen LogP contribution < -0.4 is 5.32 Å². The first-order valence-corrected chi connectivity index (χ1v) is 9.37. The molecule has 3 aromatic rings. The molecule has 134 valence electrons. The smallest absolute Gasteiger partial charge is 0.246 e. The first-order valence-electron chi connectivity index (χ1n) is 8.49. The SMILES string of the molecule is O=C(NCc1cccs1)C1CN(Cc2ccccc2F)Cc2ccnn21. The molecule has 1 N–H and O–H groups in total. The highest BCUT2D eigenvalue weighted by atomic mass is 32.1. The summed E-state index contributed by atoms with van der Waals surface area (Å²) in [6.45, 7) is 2.12. The molecule has 0 bridgehead atoms. The lowest BCUT2D eigenvalue weighted by molar-refractivity contribution is -0.126. The van der Waals surface area contributed by atoms with Crippen LogP contribution in [0.25, 0.3) is 0 Å². The highest BCUT2D eigenvalue weighted by molar-refractivity contribution is 7.09. The molecule has 1 amide bonds. The van der Waals surface area contributed by atoms with Gasteiger partial charge in [0.05, 0.1) is 12.2 Å². The fraction of sp³-hybridized carbons (Fsp3) is 0.263. The Morgan fingerprint density at radius 3 is 2.96 bits per heavy atom. The van der Waals surface area contributed by atoms with Gasteiger partial charge >= 0.3 is 0 Å². The molecule has 0 spiro atoms. The fourth-order valence-corrected chi connectivity index (χ4v) is 3.89. The van der Waals surface area contributed by atoms with Crippen molar-refractivity contribution in [3.63, 3.8) is 0 Å². The molecule has 1 unspecified atom stereocenters. The van der Waals surface area contributed by atoms with Crippen LogP contribution in [-0.2, 0) is 24.4 Å². The Hall–Kier alpha value is -2.51. The predicted octanol–water partition coefficient (Wildman–Crippen LogP) is 2.96. The lowest BCUT2D eigenvalue weighted by atomic mass is 10.1. The number of carbonyl (C=O) groups is 1. The summed E-state index contributed by atoms with van der Waals surface area (Å²) in [5.74, 6) is -0.285. The van der Waals surface area contributed by atoms with Gasteiger partial charge in [-0.05, 0) is 23.6 Å². The van der Waals surface area contributed by atoms with Crippen molar-refractivity contribution in [2.75, 3.05) is 6.54 Å². The van der Waals surface area contributed by atoms with Crippen LogP contribution >= 0.6 is 11.3 Å². The molecule has 1 atom stereocenters. The lowest BCUT2D eigenvalue weighted by Crippen LogP contribution is -2.44. The summed E-state index contributed by atoms with van der Waals surface area (Å²) in [4.78, 5) is 15.9. The summed E-state index contributed by atoms with van der Waals surface area (Å²) in [5.41, 5.74) is 1.60. The molecule has 7 heteroatoms. The summed E-state index contributed by atoms with van der Waals surface area (Å²) in [6.07, 6.45) is 1.71. The van der Waals surface area contributed by atoms with Crippen molar-refractivity contribution < 1.29 is 9.18 Å². The van der Waals surface area contributed by atoms with Crippen molar-refractivity contribution in [1.82, 2.24) is 20.0 Å². The highest BCUT2D eigenvalue weighted by Crippen LogP contribution is 2.23. The maximum atomic E-state index is 14.0. The van der Waals surface area contributed by atoms with E-state index in [1.165, 1.54) is 6.07 Å². The Balaban J connectivity index is 1.49. The zero-order valence-corrected chi connectivity index (χ0v) is 15.0. The number of benzene rings is 1. The minimum absolute atomic E-state index is 0.0680. The summed E-state index contributed by atoms with van der Waals surface area (Å²) in [6, 6.07) is 12.2. The number of nitrogens with one attached hydrogen (secondary N) is 1. The molecule has 3 heterocycles. The molecule has 0 radical (unpaired) electrons. The Bertz CT molecular complexity index is 893. The Kier molecular flexibility index (Phi) is 4.81. The molecular weight excluding hydrogens is 351 g/mol. The summed E-state index contributed by atoms with van der Waals surface area (Å²) in [7, 11) is 0. The first kappa shape index (κ1) is 16.9. The van der Waals surface area contributed by atoms with Crippen LogP contribution in [0, 0.1) is 5.82 Å². The largest absolute Gasteiger partial charge is 0.349 e. The van der Waals surface area contributed by atoms with Crippen LogP contribution in [0.2, 0.25) is 0 Å². The van der Waals surface area contributed by atoms with Crippen LogP contribution in [0.15, 0.2) is 54.0 Å². The average molecular weight is 370 g/mol. The summed E-state index contributed by atoms with van der Waals surface area (Å²) in [5, 5.41) is 9.30. The second-order valence-corrected chi connectivity index (χ2v) is 7.37. The van der Waals surface area contributed by atoms with Gasteiger partial charge < -0.3 is 5.32 Å². The standard InChI is InChI=1S/C19H19FN4OS/c20-17-6-2-1-4-14(17)11-23-12-15-7-8-22-24(15)18(13-23)19(25)21-10-16-5-3-9-26-16/h1-9,18H,10-13H2,(H,21,25). The number of thiophene rings is 1. The van der Waals surface area contributed by atoms with Gasteiger partial charge in [-0.2, -0.15) is 5.10 Å². The van der Waals surface area contributed by atoms with Crippen LogP contribution in [0.1, 0.15) is 22.2 Å². The molecule has 0 fully saturated rings. The monoisotopic (exact) mass is 370 g/mol. The van der Waals surface area contributed by atoms with Crippen molar-refractivity contribution >= 4 is 17.2 Å². The van der Waals surface area contributed by atoms with E-state index in [2.05, 4.69) is 15.3 Å². The average Bonchev–Trinajstić information content (AvgIpc) is 3.32. The molecule has 0 saturated heterocycles. The molecule has 4 rings (SSSR count). The number of fused-ring (bicyclic) bond motifs is 1. The third kappa shape index (κ3) is 3.54. The number of hydrogen-bond donors (Lipinski definition) is 1. The molecule has 5 nitrogen and oxygen atoms in total. The number of nitrogens with zero attached hydrogens (tertiary/aromatic N) is 3.